The molecule has 0 bridgehead atoms. The predicted molar refractivity (Wildman–Crippen MR) is 96.4 cm³/mol. The van der Waals surface area contributed by atoms with Crippen LogP contribution in [-0.4, -0.2) is 39.3 Å². The predicted octanol–water partition coefficient (Wildman–Crippen LogP) is 4.19. The molecule has 4 nitrogen and oxygen atoms in total. The van der Waals surface area contributed by atoms with Crippen molar-refractivity contribution in [2.75, 3.05) is 19.8 Å². The van der Waals surface area contributed by atoms with Gasteiger partial charge in [-0.15, -0.1) is 0 Å². The van der Waals surface area contributed by atoms with Gasteiger partial charge in [0.15, 0.2) is 0 Å². The molecule has 0 aliphatic heterocycles. The Kier molecular flexibility index (Phi) is 13.6. The van der Waals surface area contributed by atoms with E-state index >= 15 is 0 Å². The van der Waals surface area contributed by atoms with Crippen molar-refractivity contribution in [2.24, 2.45) is 0 Å². The molecule has 0 N–H and O–H groups in total. The molecule has 0 heterocycles. The van der Waals surface area contributed by atoms with E-state index in [-0.39, 0.29) is 4.87 Å². The van der Waals surface area contributed by atoms with Gasteiger partial charge < -0.3 is 13.3 Å². The number of ketones is 1. The average molecular weight is 351 g/mol. The Bertz CT molecular complexity index is 272. The van der Waals surface area contributed by atoms with Crippen LogP contribution in [0.3, 0.4) is 0 Å². The minimum absolute atomic E-state index is 0.146. The maximum atomic E-state index is 12.0. The van der Waals surface area contributed by atoms with Gasteiger partial charge in [0.05, 0.1) is 4.87 Å². The lowest BCUT2D eigenvalue weighted by Crippen LogP contribution is -2.54. The summed E-state index contributed by atoms with van der Waals surface area (Å²) < 4.78 is 17.5. The number of unbranched alkanes of at least 4 members (excludes halogenated alkanes) is 3. The molecule has 1 unspecified atom stereocenters. The zero-order chi connectivity index (χ0) is 16.8. The van der Waals surface area contributed by atoms with E-state index in [1.54, 1.807) is 0 Å². The summed E-state index contributed by atoms with van der Waals surface area (Å²) in [4.78, 5) is 11.8. The van der Waals surface area contributed by atoms with Crippen LogP contribution in [0.1, 0.15) is 72.6 Å². The second-order valence-corrected chi connectivity index (χ2v) is 9.19. The van der Waals surface area contributed by atoms with Crippen LogP contribution in [0.2, 0.25) is 0 Å². The molecule has 0 aliphatic rings. The zero-order valence-electron chi connectivity index (χ0n) is 14.7. The van der Waals surface area contributed by atoms with Gasteiger partial charge in [0.1, 0.15) is 5.78 Å². The van der Waals surface area contributed by atoms with E-state index in [4.69, 9.17) is 13.3 Å². The largest absolute Gasteiger partial charge is 0.514 e. The first-order valence-electron chi connectivity index (χ1n) is 8.67. The third-order valence-corrected chi connectivity index (χ3v) is 7.84. The van der Waals surface area contributed by atoms with E-state index in [2.05, 4.69) is 19.6 Å². The van der Waals surface area contributed by atoms with Crippen molar-refractivity contribution >= 4 is 27.2 Å². The molecular formula is C16H34O4SSi. The van der Waals surface area contributed by atoms with E-state index in [0.29, 0.717) is 44.9 Å². The third kappa shape index (κ3) is 8.67. The van der Waals surface area contributed by atoms with E-state index in [9.17, 15) is 4.79 Å². The Labute approximate surface area is 143 Å². The van der Waals surface area contributed by atoms with Crippen LogP contribution in [0.15, 0.2) is 0 Å². The Hall–Kier alpha value is 0.117. The summed E-state index contributed by atoms with van der Waals surface area (Å²) in [5.41, 5.74) is 0. The van der Waals surface area contributed by atoms with Gasteiger partial charge in [-0.25, -0.2) is 0 Å². The Morgan fingerprint density at radius 2 is 1.45 bits per heavy atom. The van der Waals surface area contributed by atoms with Crippen LogP contribution >= 0.6 is 12.6 Å². The van der Waals surface area contributed by atoms with Crippen molar-refractivity contribution in [1.82, 2.24) is 0 Å². The van der Waals surface area contributed by atoms with E-state index < -0.39 is 8.80 Å². The number of hydrogen-bond donors (Lipinski definition) is 1. The molecule has 0 aromatic heterocycles. The maximum Gasteiger partial charge on any atom is 0.514 e. The van der Waals surface area contributed by atoms with E-state index in [0.717, 1.165) is 12.8 Å². The first kappa shape index (κ1) is 22.1. The summed E-state index contributed by atoms with van der Waals surface area (Å²) in [5.74, 6) is 0.308. The molecule has 0 saturated heterocycles. The summed E-state index contributed by atoms with van der Waals surface area (Å²) >= 11 is 4.65. The van der Waals surface area contributed by atoms with Crippen LogP contribution in [-0.2, 0) is 18.1 Å². The van der Waals surface area contributed by atoms with E-state index in [1.807, 2.05) is 20.8 Å². The smallest absolute Gasteiger partial charge is 0.373 e. The SMILES string of the molecule is CCCCCCC(=O)CCC(S)[Si](OCC)(OCC)OCC. The minimum Gasteiger partial charge on any atom is -0.373 e. The summed E-state index contributed by atoms with van der Waals surface area (Å²) in [6.45, 7) is 9.57. The summed E-state index contributed by atoms with van der Waals surface area (Å²) in [6.07, 6.45) is 6.39. The molecule has 0 saturated carbocycles. The molecule has 1 atom stereocenters. The molecule has 6 heteroatoms. The van der Waals surface area contributed by atoms with Crippen molar-refractivity contribution in [3.05, 3.63) is 0 Å². The van der Waals surface area contributed by atoms with Gasteiger partial charge in [-0.1, -0.05) is 26.2 Å². The number of carbonyl (C=O) groups is 1. The first-order chi connectivity index (χ1) is 10.6. The lowest BCUT2D eigenvalue weighted by Gasteiger charge is -2.32. The topological polar surface area (TPSA) is 44.8 Å². The van der Waals surface area contributed by atoms with Crippen LogP contribution in [0.5, 0.6) is 0 Å². The Morgan fingerprint density at radius 3 is 1.91 bits per heavy atom. The molecule has 0 aromatic carbocycles. The summed E-state index contributed by atoms with van der Waals surface area (Å²) in [5, 5.41) is 0. The molecule has 0 fully saturated rings. The van der Waals surface area contributed by atoms with Crippen molar-refractivity contribution in [1.29, 1.82) is 0 Å². The lowest BCUT2D eigenvalue weighted by atomic mass is 10.1. The highest BCUT2D eigenvalue weighted by atomic mass is 32.1. The molecule has 0 rings (SSSR count). The molecule has 0 aromatic rings. The van der Waals surface area contributed by atoms with Crippen LogP contribution in [0, 0.1) is 0 Å². The van der Waals surface area contributed by atoms with Crippen molar-refractivity contribution in [3.63, 3.8) is 0 Å². The third-order valence-electron chi connectivity index (χ3n) is 3.45. The number of hydrogen-bond acceptors (Lipinski definition) is 5. The Balaban J connectivity index is 4.36. The van der Waals surface area contributed by atoms with Crippen molar-refractivity contribution in [2.45, 2.75) is 77.5 Å². The second-order valence-electron chi connectivity index (χ2n) is 5.31. The molecular weight excluding hydrogens is 316 g/mol. The molecule has 132 valence electrons. The molecule has 0 amide bonds. The molecule has 22 heavy (non-hydrogen) atoms. The monoisotopic (exact) mass is 350 g/mol. The lowest BCUT2D eigenvalue weighted by molar-refractivity contribution is -0.119. The molecule has 0 radical (unpaired) electrons. The van der Waals surface area contributed by atoms with Crippen molar-refractivity contribution < 1.29 is 18.1 Å². The standard InChI is InChI=1S/C16H34O4SSi/c1-5-9-10-11-12-15(17)13-14-16(21)22(18-6-2,19-7-3)20-8-4/h16,21H,5-14H2,1-4H3. The maximum absolute atomic E-state index is 12.0. The van der Waals surface area contributed by atoms with Crippen LogP contribution < -0.4 is 0 Å². The molecule has 0 spiro atoms. The first-order valence-corrected chi connectivity index (χ1v) is 11.0. The van der Waals surface area contributed by atoms with Gasteiger partial charge in [0.25, 0.3) is 0 Å². The van der Waals surface area contributed by atoms with Crippen LogP contribution in [0.4, 0.5) is 0 Å². The van der Waals surface area contributed by atoms with Crippen molar-refractivity contribution in [3.8, 4) is 0 Å². The van der Waals surface area contributed by atoms with E-state index in [1.165, 1.54) is 12.8 Å². The van der Waals surface area contributed by atoms with Gasteiger partial charge in [-0.05, 0) is 33.6 Å². The highest BCUT2D eigenvalue weighted by Crippen LogP contribution is 2.24. The second kappa shape index (κ2) is 13.5. The summed E-state index contributed by atoms with van der Waals surface area (Å²) in [6, 6.07) is 0. The fraction of sp³-hybridized carbons (Fsp3) is 0.938. The Morgan fingerprint density at radius 1 is 0.909 bits per heavy atom. The minimum atomic E-state index is -2.80. The number of rotatable bonds is 15. The van der Waals surface area contributed by atoms with Gasteiger partial charge >= 0.3 is 8.80 Å². The van der Waals surface area contributed by atoms with Gasteiger partial charge in [-0.2, -0.15) is 12.6 Å². The highest BCUT2D eigenvalue weighted by Gasteiger charge is 2.47. The zero-order valence-corrected chi connectivity index (χ0v) is 16.6. The fourth-order valence-corrected chi connectivity index (χ4v) is 5.70. The number of Topliss-reactive ketones (excluding diaryl/α,β-unsaturated/α-hetero) is 1. The fourth-order valence-electron chi connectivity index (χ4n) is 2.37. The highest BCUT2D eigenvalue weighted by molar-refractivity contribution is 7.83. The molecule has 0 aliphatic carbocycles. The number of thiol groups is 1. The normalized spacial score (nSPS) is 13.3. The van der Waals surface area contributed by atoms with Gasteiger partial charge in [0, 0.05) is 32.7 Å². The number of carbonyl (C=O) groups excluding carboxylic acids is 1. The van der Waals surface area contributed by atoms with Crippen LogP contribution in [0.25, 0.3) is 0 Å². The average Bonchev–Trinajstić information content (AvgIpc) is 2.49. The quantitative estimate of drug-likeness (QED) is 0.273. The summed E-state index contributed by atoms with van der Waals surface area (Å²) in [7, 11) is -2.80. The van der Waals surface area contributed by atoms with Gasteiger partial charge in [0.2, 0.25) is 0 Å². The van der Waals surface area contributed by atoms with Gasteiger partial charge in [-0.3, -0.25) is 4.79 Å².